The Labute approximate surface area is 208 Å². The van der Waals surface area contributed by atoms with Gasteiger partial charge in [0.1, 0.15) is 6.61 Å². The van der Waals surface area contributed by atoms with Gasteiger partial charge in [-0.15, -0.1) is 0 Å². The Hall–Kier alpha value is -3.68. The summed E-state index contributed by atoms with van der Waals surface area (Å²) in [5.74, 6) is -0.646. The van der Waals surface area contributed by atoms with Crippen LogP contribution < -0.4 is 0 Å². The zero-order chi connectivity index (χ0) is 26.6. The summed E-state index contributed by atoms with van der Waals surface area (Å²) in [6, 6.07) is 13.6. The van der Waals surface area contributed by atoms with Gasteiger partial charge in [0.2, 0.25) is 5.91 Å². The summed E-state index contributed by atoms with van der Waals surface area (Å²) in [5, 5.41) is 0. The Kier molecular flexibility index (Phi) is 16.7. The van der Waals surface area contributed by atoms with Gasteiger partial charge in [-0.1, -0.05) is 44.5 Å². The molecule has 192 valence electrons. The second-order valence-corrected chi connectivity index (χ2v) is 7.41. The summed E-state index contributed by atoms with van der Waals surface area (Å²) in [5.41, 5.74) is 2.71. The topological polar surface area (TPSA) is 99.2 Å². The summed E-state index contributed by atoms with van der Waals surface area (Å²) in [6.07, 6.45) is 1.59. The summed E-state index contributed by atoms with van der Waals surface area (Å²) < 4.78 is 14.3. The van der Waals surface area contributed by atoms with E-state index >= 15 is 0 Å². The molecule has 8 heteroatoms. The predicted octanol–water partition coefficient (Wildman–Crippen LogP) is 4.45. The fourth-order valence-electron chi connectivity index (χ4n) is 2.39. The van der Waals surface area contributed by atoms with Gasteiger partial charge in [0.15, 0.2) is 0 Å². The molecular weight excluding hydrogens is 450 g/mol. The van der Waals surface area contributed by atoms with E-state index in [1.165, 1.54) is 6.42 Å². The van der Waals surface area contributed by atoms with Crippen molar-refractivity contribution in [2.45, 2.75) is 47.1 Å². The quantitative estimate of drug-likeness (QED) is 0.293. The molecule has 0 aliphatic carbocycles. The van der Waals surface area contributed by atoms with E-state index in [9.17, 15) is 19.2 Å². The summed E-state index contributed by atoms with van der Waals surface area (Å²) in [6.45, 7) is 9.09. The van der Waals surface area contributed by atoms with Gasteiger partial charge in [-0.25, -0.2) is 9.59 Å². The molecule has 2 aromatic carbocycles. The molecule has 0 saturated heterocycles. The fraction of sp³-hybridized carbons (Fsp3) is 0.407. The van der Waals surface area contributed by atoms with Crippen LogP contribution in [0.4, 0.5) is 0 Å². The van der Waals surface area contributed by atoms with Crippen molar-refractivity contribution in [3.05, 3.63) is 70.8 Å². The summed E-state index contributed by atoms with van der Waals surface area (Å²) >= 11 is 0. The van der Waals surface area contributed by atoms with Crippen LogP contribution in [0.15, 0.2) is 48.5 Å². The van der Waals surface area contributed by atoms with E-state index in [1.807, 2.05) is 0 Å². The second-order valence-electron chi connectivity index (χ2n) is 7.41. The molecule has 0 spiro atoms. The molecule has 0 atom stereocenters. The number of esters is 2. The van der Waals surface area contributed by atoms with Crippen molar-refractivity contribution in [2.24, 2.45) is 0 Å². The zero-order valence-electron chi connectivity index (χ0n) is 21.5. The van der Waals surface area contributed by atoms with E-state index in [-0.39, 0.29) is 24.5 Å². The van der Waals surface area contributed by atoms with Crippen LogP contribution in [-0.2, 0) is 36.8 Å². The monoisotopic (exact) mass is 487 g/mol. The minimum Gasteiger partial charge on any atom is -0.463 e. The van der Waals surface area contributed by atoms with Crippen molar-refractivity contribution in [1.29, 1.82) is 0 Å². The number of amides is 1. The molecular formula is C27H37NO7. The summed E-state index contributed by atoms with van der Waals surface area (Å²) in [7, 11) is 3.44. The Morgan fingerprint density at radius 1 is 0.743 bits per heavy atom. The molecule has 2 rings (SSSR count). The normalized spacial score (nSPS) is 9.31. The first-order valence-electron chi connectivity index (χ1n) is 11.5. The number of hydrogen-bond donors (Lipinski definition) is 0. The molecule has 1 amide bonds. The third kappa shape index (κ3) is 13.6. The number of rotatable bonds is 9. The number of likely N-dealkylation sites (N-methyl/N-ethyl adjacent to an activating group) is 1. The maximum atomic E-state index is 11.5. The molecule has 0 aliphatic rings. The summed E-state index contributed by atoms with van der Waals surface area (Å²) in [4.78, 5) is 45.6. The number of ether oxygens (including phenoxy) is 3. The van der Waals surface area contributed by atoms with Gasteiger partial charge in [0.25, 0.3) is 6.47 Å². The molecule has 0 N–H and O–H groups in total. The molecule has 0 saturated carbocycles. The molecule has 0 unspecified atom stereocenters. The fourth-order valence-corrected chi connectivity index (χ4v) is 2.39. The standard InChI is InChI=1S/C13H17NO3.C11H12O4.C3H8/c1-4-17-13(16)11-7-5-10(6-8-11)9-12(15)14(2)3;1-2-15-11(13)10-5-3-9(4-6-10)7-14-8-12;1-3-2/h5-8H,4,9H2,1-3H3;3-6,8H,2,7H2,1H3;3H2,1-2H3. The molecule has 8 nitrogen and oxygen atoms in total. The van der Waals surface area contributed by atoms with Gasteiger partial charge in [0, 0.05) is 14.1 Å². The highest BCUT2D eigenvalue weighted by Crippen LogP contribution is 2.08. The van der Waals surface area contributed by atoms with E-state index in [0.29, 0.717) is 37.2 Å². The van der Waals surface area contributed by atoms with Crippen LogP contribution in [-0.4, -0.2) is 56.5 Å². The number of benzene rings is 2. The SMILES string of the molecule is CCC.CCOC(=O)c1ccc(CC(=O)N(C)C)cc1.CCOC(=O)c1ccc(COC=O)cc1. The largest absolute Gasteiger partial charge is 0.463 e. The van der Waals surface area contributed by atoms with Crippen LogP contribution in [0.2, 0.25) is 0 Å². The van der Waals surface area contributed by atoms with Crippen LogP contribution in [0.3, 0.4) is 0 Å². The molecule has 0 fully saturated rings. The number of carbonyl (C=O) groups is 4. The lowest BCUT2D eigenvalue weighted by Gasteiger charge is -2.10. The van der Waals surface area contributed by atoms with Gasteiger partial charge >= 0.3 is 11.9 Å². The van der Waals surface area contributed by atoms with Crippen LogP contribution in [0, 0.1) is 0 Å². The van der Waals surface area contributed by atoms with Gasteiger partial charge < -0.3 is 19.1 Å². The van der Waals surface area contributed by atoms with Crippen molar-refractivity contribution in [3.8, 4) is 0 Å². The van der Waals surface area contributed by atoms with E-state index in [4.69, 9.17) is 9.47 Å². The van der Waals surface area contributed by atoms with Crippen LogP contribution in [0.25, 0.3) is 0 Å². The highest BCUT2D eigenvalue weighted by molar-refractivity contribution is 5.90. The maximum absolute atomic E-state index is 11.5. The lowest BCUT2D eigenvalue weighted by Crippen LogP contribution is -2.23. The Morgan fingerprint density at radius 2 is 1.14 bits per heavy atom. The molecule has 0 radical (unpaired) electrons. The van der Waals surface area contributed by atoms with Gasteiger partial charge in [0.05, 0.1) is 30.8 Å². The molecule has 0 bridgehead atoms. The predicted molar refractivity (Wildman–Crippen MR) is 134 cm³/mol. The molecule has 35 heavy (non-hydrogen) atoms. The minimum atomic E-state index is -0.347. The highest BCUT2D eigenvalue weighted by atomic mass is 16.5. The van der Waals surface area contributed by atoms with E-state index in [0.717, 1.165) is 11.1 Å². The molecule has 0 aromatic heterocycles. The van der Waals surface area contributed by atoms with Crippen molar-refractivity contribution in [3.63, 3.8) is 0 Å². The molecule has 0 aliphatic heterocycles. The smallest absolute Gasteiger partial charge is 0.338 e. The van der Waals surface area contributed by atoms with Crippen molar-refractivity contribution < 1.29 is 33.4 Å². The van der Waals surface area contributed by atoms with Gasteiger partial charge in [-0.3, -0.25) is 9.59 Å². The van der Waals surface area contributed by atoms with E-state index < -0.39 is 0 Å². The van der Waals surface area contributed by atoms with E-state index in [2.05, 4.69) is 18.6 Å². The second kappa shape index (κ2) is 18.7. The van der Waals surface area contributed by atoms with Gasteiger partial charge in [-0.2, -0.15) is 0 Å². The molecule has 2 aromatic rings. The first-order valence-corrected chi connectivity index (χ1v) is 11.5. The zero-order valence-corrected chi connectivity index (χ0v) is 21.5. The Morgan fingerprint density at radius 3 is 1.49 bits per heavy atom. The van der Waals surface area contributed by atoms with Crippen LogP contribution in [0.1, 0.15) is 66.0 Å². The average Bonchev–Trinajstić information content (AvgIpc) is 2.84. The first-order chi connectivity index (χ1) is 16.7. The van der Waals surface area contributed by atoms with Gasteiger partial charge in [-0.05, 0) is 49.2 Å². The van der Waals surface area contributed by atoms with E-state index in [1.54, 1.807) is 81.4 Å². The van der Waals surface area contributed by atoms with Crippen molar-refractivity contribution in [1.82, 2.24) is 4.90 Å². The lowest BCUT2D eigenvalue weighted by atomic mass is 10.1. The molecule has 0 heterocycles. The minimum absolute atomic E-state index is 0.0360. The number of nitrogens with zero attached hydrogens (tertiary/aromatic N) is 1. The number of carbonyl (C=O) groups excluding carboxylic acids is 4. The van der Waals surface area contributed by atoms with Crippen LogP contribution >= 0.6 is 0 Å². The maximum Gasteiger partial charge on any atom is 0.338 e. The Bertz CT molecular complexity index is 891. The van der Waals surface area contributed by atoms with Crippen molar-refractivity contribution >= 4 is 24.3 Å². The lowest BCUT2D eigenvalue weighted by molar-refractivity contribution is -0.130. The third-order valence-corrected chi connectivity index (χ3v) is 4.10. The average molecular weight is 488 g/mol. The Balaban J connectivity index is 0.000000597. The highest BCUT2D eigenvalue weighted by Gasteiger charge is 2.08. The number of hydrogen-bond acceptors (Lipinski definition) is 7. The first kappa shape index (κ1) is 31.3. The van der Waals surface area contributed by atoms with Crippen molar-refractivity contribution in [2.75, 3.05) is 27.3 Å². The third-order valence-electron chi connectivity index (χ3n) is 4.10. The van der Waals surface area contributed by atoms with Crippen LogP contribution in [0.5, 0.6) is 0 Å².